The van der Waals surface area contributed by atoms with Crippen molar-refractivity contribution < 1.29 is 13.2 Å². The van der Waals surface area contributed by atoms with Gasteiger partial charge in [0, 0.05) is 25.7 Å². The molecule has 3 aliphatic heterocycles. The van der Waals surface area contributed by atoms with Crippen molar-refractivity contribution >= 4 is 22.4 Å². The van der Waals surface area contributed by atoms with Gasteiger partial charge in [-0.15, -0.1) is 12.4 Å². The van der Waals surface area contributed by atoms with Gasteiger partial charge in [0.15, 0.2) is 0 Å². The number of piperidine rings is 1. The first-order chi connectivity index (χ1) is 8.65. The van der Waals surface area contributed by atoms with Crippen LogP contribution in [0.3, 0.4) is 0 Å². The molecule has 3 fully saturated rings. The predicted molar refractivity (Wildman–Crippen MR) is 76.1 cm³/mol. The van der Waals surface area contributed by atoms with Gasteiger partial charge in [0.2, 0.25) is 10.0 Å². The lowest BCUT2D eigenvalue weighted by Gasteiger charge is -2.34. The Kier molecular flexibility index (Phi) is 5.11. The van der Waals surface area contributed by atoms with Gasteiger partial charge in [-0.05, 0) is 38.1 Å². The highest BCUT2D eigenvalue weighted by molar-refractivity contribution is 7.89. The average molecular weight is 311 g/mol. The van der Waals surface area contributed by atoms with Crippen LogP contribution in [-0.2, 0) is 14.8 Å². The fourth-order valence-electron chi connectivity index (χ4n) is 3.38. The molecule has 0 aromatic carbocycles. The molecule has 0 radical (unpaired) electrons. The zero-order valence-electron chi connectivity index (χ0n) is 11.1. The molecule has 3 rings (SSSR count). The minimum absolute atomic E-state index is 0. The Balaban J connectivity index is 0.00000133. The zero-order valence-corrected chi connectivity index (χ0v) is 12.7. The van der Waals surface area contributed by atoms with Crippen molar-refractivity contribution in [2.24, 2.45) is 5.92 Å². The Labute approximate surface area is 121 Å². The first kappa shape index (κ1) is 15.5. The molecule has 0 aromatic rings. The maximum absolute atomic E-state index is 12.4. The van der Waals surface area contributed by atoms with Gasteiger partial charge in [-0.3, -0.25) is 0 Å². The fraction of sp³-hybridized carbons (Fsp3) is 1.00. The summed E-state index contributed by atoms with van der Waals surface area (Å²) in [5.74, 6) is 0.690. The first-order valence-electron chi connectivity index (χ1n) is 6.98. The summed E-state index contributed by atoms with van der Waals surface area (Å²) in [5.41, 5.74) is 0. The van der Waals surface area contributed by atoms with Crippen molar-refractivity contribution in [3.63, 3.8) is 0 Å². The van der Waals surface area contributed by atoms with Crippen LogP contribution in [0, 0.1) is 5.92 Å². The largest absolute Gasteiger partial charge is 0.377 e. The molecule has 3 heterocycles. The normalized spacial score (nSPS) is 35.9. The van der Waals surface area contributed by atoms with Crippen LogP contribution in [-0.4, -0.2) is 56.9 Å². The van der Waals surface area contributed by atoms with Crippen LogP contribution in [0.15, 0.2) is 0 Å². The second-order valence-corrected chi connectivity index (χ2v) is 7.68. The van der Waals surface area contributed by atoms with E-state index in [0.717, 1.165) is 38.8 Å². The number of sulfonamides is 1. The summed E-state index contributed by atoms with van der Waals surface area (Å²) in [7, 11) is -3.12. The number of ether oxygens (including phenoxy) is 1. The molecule has 0 aliphatic carbocycles. The average Bonchev–Trinajstić information content (AvgIpc) is 2.97. The lowest BCUT2D eigenvalue weighted by atomic mass is 9.95. The van der Waals surface area contributed by atoms with Crippen molar-refractivity contribution in [1.29, 1.82) is 0 Å². The van der Waals surface area contributed by atoms with E-state index in [9.17, 15) is 8.42 Å². The molecule has 112 valence electrons. The molecule has 0 spiro atoms. The molecule has 1 N–H and O–H groups in total. The van der Waals surface area contributed by atoms with E-state index < -0.39 is 10.0 Å². The minimum atomic E-state index is -3.12. The van der Waals surface area contributed by atoms with Crippen molar-refractivity contribution in [2.75, 3.05) is 32.0 Å². The monoisotopic (exact) mass is 310 g/mol. The fourth-order valence-corrected chi connectivity index (χ4v) is 5.13. The quantitative estimate of drug-likeness (QED) is 0.829. The molecular formula is C12H23ClN2O3S. The molecule has 0 aromatic heterocycles. The Morgan fingerprint density at radius 3 is 2.84 bits per heavy atom. The lowest BCUT2D eigenvalue weighted by molar-refractivity contribution is 0.125. The highest BCUT2D eigenvalue weighted by Crippen LogP contribution is 2.27. The molecule has 5 nitrogen and oxygen atoms in total. The molecule has 3 saturated heterocycles. The van der Waals surface area contributed by atoms with Gasteiger partial charge in [-0.2, -0.15) is 0 Å². The van der Waals surface area contributed by atoms with E-state index in [2.05, 4.69) is 5.32 Å². The third-order valence-electron chi connectivity index (χ3n) is 4.43. The van der Waals surface area contributed by atoms with Crippen molar-refractivity contribution in [1.82, 2.24) is 9.62 Å². The smallest absolute Gasteiger partial charge is 0.216 e. The van der Waals surface area contributed by atoms with Crippen LogP contribution in [0.25, 0.3) is 0 Å². The van der Waals surface area contributed by atoms with Crippen LogP contribution in [0.2, 0.25) is 0 Å². The van der Waals surface area contributed by atoms with Gasteiger partial charge in [0.05, 0.1) is 11.9 Å². The molecular weight excluding hydrogens is 288 g/mol. The maximum atomic E-state index is 12.4. The topological polar surface area (TPSA) is 58.6 Å². The van der Waals surface area contributed by atoms with Crippen molar-refractivity contribution in [3.05, 3.63) is 0 Å². The van der Waals surface area contributed by atoms with E-state index >= 15 is 0 Å². The van der Waals surface area contributed by atoms with E-state index in [0.29, 0.717) is 25.0 Å². The second-order valence-electron chi connectivity index (χ2n) is 5.67. The molecule has 3 atom stereocenters. The molecule has 0 amide bonds. The molecule has 0 saturated carbocycles. The summed E-state index contributed by atoms with van der Waals surface area (Å²) >= 11 is 0. The van der Waals surface area contributed by atoms with Gasteiger partial charge in [0.25, 0.3) is 0 Å². The van der Waals surface area contributed by atoms with E-state index in [4.69, 9.17) is 4.74 Å². The Morgan fingerprint density at radius 1 is 1.26 bits per heavy atom. The van der Waals surface area contributed by atoms with Gasteiger partial charge >= 0.3 is 0 Å². The van der Waals surface area contributed by atoms with E-state index in [-0.39, 0.29) is 24.3 Å². The summed E-state index contributed by atoms with van der Waals surface area (Å²) in [5, 5.41) is 3.46. The van der Waals surface area contributed by atoms with Crippen LogP contribution < -0.4 is 5.32 Å². The number of nitrogens with zero attached hydrogens (tertiary/aromatic N) is 1. The minimum Gasteiger partial charge on any atom is -0.377 e. The van der Waals surface area contributed by atoms with E-state index in [1.54, 1.807) is 4.31 Å². The Morgan fingerprint density at radius 2 is 2.11 bits per heavy atom. The molecule has 3 unspecified atom stereocenters. The van der Waals surface area contributed by atoms with Crippen LogP contribution in [0.5, 0.6) is 0 Å². The molecule has 19 heavy (non-hydrogen) atoms. The van der Waals surface area contributed by atoms with Crippen LogP contribution in [0.4, 0.5) is 0 Å². The number of rotatable bonds is 3. The lowest BCUT2D eigenvalue weighted by Crippen LogP contribution is -2.48. The number of hydrogen-bond donors (Lipinski definition) is 1. The standard InChI is InChI=1S/C12H22N2O3S.ClH/c15-18(16,9-11-2-1-7-17-11)14-6-4-12-10(8-14)3-5-13-12;/h10-13H,1-9H2;1H. The highest BCUT2D eigenvalue weighted by Gasteiger charge is 2.38. The number of hydrogen-bond acceptors (Lipinski definition) is 4. The summed E-state index contributed by atoms with van der Waals surface area (Å²) in [4.78, 5) is 0. The summed E-state index contributed by atoms with van der Waals surface area (Å²) in [6, 6.07) is 0.541. The second kappa shape index (κ2) is 6.26. The van der Waals surface area contributed by atoms with E-state index in [1.165, 1.54) is 0 Å². The van der Waals surface area contributed by atoms with Gasteiger partial charge in [-0.1, -0.05) is 0 Å². The number of nitrogens with one attached hydrogen (secondary N) is 1. The first-order valence-corrected chi connectivity index (χ1v) is 8.59. The van der Waals surface area contributed by atoms with Crippen molar-refractivity contribution in [3.8, 4) is 0 Å². The Bertz CT molecular complexity index is 398. The van der Waals surface area contributed by atoms with Gasteiger partial charge in [-0.25, -0.2) is 12.7 Å². The Hall–Kier alpha value is 0.120. The third-order valence-corrected chi connectivity index (χ3v) is 6.34. The predicted octanol–water partition coefficient (Wildman–Crippen LogP) is 0.601. The number of fused-ring (bicyclic) bond motifs is 1. The van der Waals surface area contributed by atoms with Crippen LogP contribution >= 0.6 is 12.4 Å². The third kappa shape index (κ3) is 3.42. The summed E-state index contributed by atoms with van der Waals surface area (Å²) in [6.45, 7) is 3.12. The van der Waals surface area contributed by atoms with Crippen molar-refractivity contribution in [2.45, 2.75) is 37.8 Å². The van der Waals surface area contributed by atoms with Gasteiger partial charge < -0.3 is 10.1 Å². The van der Waals surface area contributed by atoms with E-state index in [1.807, 2.05) is 0 Å². The zero-order chi connectivity index (χ0) is 12.6. The van der Waals surface area contributed by atoms with Crippen LogP contribution in [0.1, 0.15) is 25.7 Å². The molecule has 7 heteroatoms. The number of halogens is 1. The SMILES string of the molecule is Cl.O=S(=O)(CC1CCCO1)N1CCC2NCCC2C1. The highest BCUT2D eigenvalue weighted by atomic mass is 35.5. The summed E-state index contributed by atoms with van der Waals surface area (Å²) in [6.07, 6.45) is 3.87. The van der Waals surface area contributed by atoms with Gasteiger partial charge in [0.1, 0.15) is 0 Å². The molecule has 0 bridgehead atoms. The molecule has 3 aliphatic rings. The maximum Gasteiger partial charge on any atom is 0.216 e. The summed E-state index contributed by atoms with van der Waals surface area (Å²) < 4.78 is 31.9.